The van der Waals surface area contributed by atoms with Gasteiger partial charge in [-0.05, 0) is 25.2 Å². The molecule has 0 aliphatic carbocycles. The van der Waals surface area contributed by atoms with E-state index >= 15 is 0 Å². The molecule has 21 heavy (non-hydrogen) atoms. The third-order valence-corrected chi connectivity index (χ3v) is 5.11. The van der Waals surface area contributed by atoms with Crippen LogP contribution in [0.2, 0.25) is 0 Å². The maximum Gasteiger partial charge on any atom is 0.240 e. The summed E-state index contributed by atoms with van der Waals surface area (Å²) >= 11 is 0. The molecule has 1 aliphatic heterocycles. The number of nitrogens with zero attached hydrogens (tertiary/aromatic N) is 2. The Morgan fingerprint density at radius 3 is 2.48 bits per heavy atom. The van der Waals surface area contributed by atoms with E-state index in [2.05, 4.69) is 9.62 Å². The Bertz CT molecular complexity index is 608. The molecule has 1 aliphatic rings. The lowest BCUT2D eigenvalue weighted by Crippen LogP contribution is -2.48. The lowest BCUT2D eigenvalue weighted by atomic mass is 10.2. The predicted molar refractivity (Wildman–Crippen MR) is 81.8 cm³/mol. The molecule has 1 fully saturated rings. The van der Waals surface area contributed by atoms with Crippen molar-refractivity contribution in [3.63, 3.8) is 0 Å². The summed E-state index contributed by atoms with van der Waals surface area (Å²) in [7, 11) is -2.03. The maximum absolute atomic E-state index is 11.8. The lowest BCUT2D eigenvalue weighted by Gasteiger charge is -2.36. The van der Waals surface area contributed by atoms with E-state index in [-0.39, 0.29) is 10.8 Å². The Labute approximate surface area is 125 Å². The van der Waals surface area contributed by atoms with E-state index in [1.165, 1.54) is 7.05 Å². The number of amides is 1. The minimum atomic E-state index is -3.43. The third kappa shape index (κ3) is 3.54. The van der Waals surface area contributed by atoms with E-state index < -0.39 is 10.0 Å². The molecule has 0 aromatic heterocycles. The molecule has 1 saturated heterocycles. The minimum Gasteiger partial charge on any atom is -0.368 e. The van der Waals surface area contributed by atoms with Crippen LogP contribution in [0.25, 0.3) is 0 Å². The van der Waals surface area contributed by atoms with Crippen LogP contribution in [0.5, 0.6) is 0 Å². The fourth-order valence-electron chi connectivity index (χ4n) is 2.40. The molecule has 2 rings (SSSR count). The second-order valence-corrected chi connectivity index (χ2v) is 6.81. The van der Waals surface area contributed by atoms with Crippen molar-refractivity contribution >= 4 is 21.6 Å². The van der Waals surface area contributed by atoms with Crippen molar-refractivity contribution in [1.29, 1.82) is 0 Å². The summed E-state index contributed by atoms with van der Waals surface area (Å²) in [5.74, 6) is 0.168. The summed E-state index contributed by atoms with van der Waals surface area (Å²) in [5.41, 5.74) is 0.870. The van der Waals surface area contributed by atoms with Crippen LogP contribution in [0.4, 0.5) is 5.69 Å². The van der Waals surface area contributed by atoms with Gasteiger partial charge in [0.05, 0.1) is 4.90 Å². The standard InChI is InChI=1S/C14H21N3O3S/c1-3-14(18)17-9-7-16(8-10-17)12-5-4-6-13(11-12)21(19,20)15-2/h4-6,11,15H,3,7-10H2,1-2H3. The molecule has 7 heteroatoms. The number of piperazine rings is 1. The monoisotopic (exact) mass is 311 g/mol. The molecule has 0 atom stereocenters. The summed E-state index contributed by atoms with van der Waals surface area (Å²) in [4.78, 5) is 15.9. The first-order chi connectivity index (χ1) is 9.97. The molecule has 0 bridgehead atoms. The van der Waals surface area contributed by atoms with Crippen LogP contribution in [-0.4, -0.2) is 52.5 Å². The second kappa shape index (κ2) is 6.44. The summed E-state index contributed by atoms with van der Waals surface area (Å²) in [6.07, 6.45) is 0.524. The zero-order chi connectivity index (χ0) is 15.5. The van der Waals surface area contributed by atoms with Gasteiger partial charge < -0.3 is 9.80 Å². The molecule has 1 heterocycles. The van der Waals surface area contributed by atoms with Gasteiger partial charge in [-0.2, -0.15) is 0 Å². The Kier molecular flexibility index (Phi) is 4.84. The van der Waals surface area contributed by atoms with Crippen LogP contribution in [0.15, 0.2) is 29.2 Å². The zero-order valence-corrected chi connectivity index (χ0v) is 13.2. The van der Waals surface area contributed by atoms with Crippen molar-refractivity contribution in [2.75, 3.05) is 38.1 Å². The van der Waals surface area contributed by atoms with Crippen LogP contribution in [0.1, 0.15) is 13.3 Å². The van der Waals surface area contributed by atoms with Gasteiger partial charge in [0.1, 0.15) is 0 Å². The van der Waals surface area contributed by atoms with Crippen molar-refractivity contribution < 1.29 is 13.2 Å². The largest absolute Gasteiger partial charge is 0.368 e. The zero-order valence-electron chi connectivity index (χ0n) is 12.4. The van der Waals surface area contributed by atoms with E-state index in [1.807, 2.05) is 17.9 Å². The average molecular weight is 311 g/mol. The van der Waals surface area contributed by atoms with Crippen LogP contribution in [-0.2, 0) is 14.8 Å². The van der Waals surface area contributed by atoms with E-state index in [9.17, 15) is 13.2 Å². The van der Waals surface area contributed by atoms with Gasteiger partial charge in [0.2, 0.25) is 15.9 Å². The molecule has 0 spiro atoms. The Morgan fingerprint density at radius 2 is 1.90 bits per heavy atom. The maximum atomic E-state index is 11.8. The van der Waals surface area contributed by atoms with E-state index in [0.717, 1.165) is 18.8 Å². The molecular formula is C14H21N3O3S. The van der Waals surface area contributed by atoms with Crippen LogP contribution < -0.4 is 9.62 Å². The number of benzene rings is 1. The highest BCUT2D eigenvalue weighted by Gasteiger charge is 2.21. The first-order valence-corrected chi connectivity index (χ1v) is 8.52. The van der Waals surface area contributed by atoms with Crippen LogP contribution >= 0.6 is 0 Å². The van der Waals surface area contributed by atoms with Gasteiger partial charge in [-0.15, -0.1) is 0 Å². The number of hydrogen-bond acceptors (Lipinski definition) is 4. The molecule has 1 amide bonds. The van der Waals surface area contributed by atoms with Crippen LogP contribution in [0.3, 0.4) is 0 Å². The number of carbonyl (C=O) groups is 1. The molecule has 0 unspecified atom stereocenters. The number of sulfonamides is 1. The van der Waals surface area contributed by atoms with Gasteiger partial charge in [-0.3, -0.25) is 4.79 Å². The minimum absolute atomic E-state index is 0.168. The first kappa shape index (κ1) is 15.8. The molecule has 116 valence electrons. The molecular weight excluding hydrogens is 290 g/mol. The Balaban J connectivity index is 2.11. The van der Waals surface area contributed by atoms with Gasteiger partial charge in [0.15, 0.2) is 0 Å². The number of rotatable bonds is 4. The molecule has 1 aromatic carbocycles. The number of carbonyl (C=O) groups excluding carboxylic acids is 1. The van der Waals surface area contributed by atoms with E-state index in [1.54, 1.807) is 18.2 Å². The SMILES string of the molecule is CCC(=O)N1CCN(c2cccc(S(=O)(=O)NC)c2)CC1. The summed E-state index contributed by atoms with van der Waals surface area (Å²) in [5, 5.41) is 0. The molecule has 0 saturated carbocycles. The Hall–Kier alpha value is -1.60. The quantitative estimate of drug-likeness (QED) is 0.886. The topological polar surface area (TPSA) is 69.7 Å². The highest BCUT2D eigenvalue weighted by Crippen LogP contribution is 2.20. The van der Waals surface area contributed by atoms with E-state index in [0.29, 0.717) is 19.5 Å². The molecule has 0 radical (unpaired) electrons. The van der Waals surface area contributed by atoms with Crippen LogP contribution in [0, 0.1) is 0 Å². The average Bonchev–Trinajstić information content (AvgIpc) is 2.54. The van der Waals surface area contributed by atoms with Crippen molar-refractivity contribution in [1.82, 2.24) is 9.62 Å². The van der Waals surface area contributed by atoms with Gasteiger partial charge in [0.25, 0.3) is 0 Å². The summed E-state index contributed by atoms with van der Waals surface area (Å²) in [6.45, 7) is 4.65. The van der Waals surface area contributed by atoms with Gasteiger partial charge in [-0.25, -0.2) is 13.1 Å². The number of hydrogen-bond donors (Lipinski definition) is 1. The predicted octanol–water partition coefficient (Wildman–Crippen LogP) is 0.653. The fraction of sp³-hybridized carbons (Fsp3) is 0.500. The summed E-state index contributed by atoms with van der Waals surface area (Å²) < 4.78 is 26.0. The summed E-state index contributed by atoms with van der Waals surface area (Å²) in [6, 6.07) is 6.88. The first-order valence-electron chi connectivity index (χ1n) is 7.04. The lowest BCUT2D eigenvalue weighted by molar-refractivity contribution is -0.131. The highest BCUT2D eigenvalue weighted by molar-refractivity contribution is 7.89. The number of nitrogens with one attached hydrogen (secondary N) is 1. The third-order valence-electron chi connectivity index (χ3n) is 3.70. The van der Waals surface area contributed by atoms with E-state index in [4.69, 9.17) is 0 Å². The highest BCUT2D eigenvalue weighted by atomic mass is 32.2. The smallest absolute Gasteiger partial charge is 0.240 e. The Morgan fingerprint density at radius 1 is 1.24 bits per heavy atom. The second-order valence-electron chi connectivity index (χ2n) is 4.93. The van der Waals surface area contributed by atoms with Gasteiger partial charge in [0, 0.05) is 38.3 Å². The van der Waals surface area contributed by atoms with Crippen molar-refractivity contribution in [3.05, 3.63) is 24.3 Å². The molecule has 1 aromatic rings. The number of anilines is 1. The molecule has 6 nitrogen and oxygen atoms in total. The van der Waals surface area contributed by atoms with Gasteiger partial charge in [-0.1, -0.05) is 13.0 Å². The fourth-order valence-corrected chi connectivity index (χ4v) is 3.17. The van der Waals surface area contributed by atoms with Crippen molar-refractivity contribution in [3.8, 4) is 0 Å². The normalized spacial score (nSPS) is 16.1. The van der Waals surface area contributed by atoms with Gasteiger partial charge >= 0.3 is 0 Å². The molecule has 1 N–H and O–H groups in total. The van der Waals surface area contributed by atoms with Crippen molar-refractivity contribution in [2.45, 2.75) is 18.2 Å². The van der Waals surface area contributed by atoms with Crippen molar-refractivity contribution in [2.24, 2.45) is 0 Å².